The molecule has 0 radical (unpaired) electrons. The Morgan fingerprint density at radius 3 is 1.50 bits per heavy atom. The maximum Gasteiger partial charge on any atom is 0.279 e. The van der Waals surface area contributed by atoms with Gasteiger partial charge in [-0.3, -0.25) is 19.0 Å². The van der Waals surface area contributed by atoms with Crippen molar-refractivity contribution < 1.29 is 9.59 Å². The zero-order valence-electron chi connectivity index (χ0n) is 11.9. The largest absolute Gasteiger partial charge is 0.297 e. The van der Waals surface area contributed by atoms with E-state index in [2.05, 4.69) is 45.0 Å². The molecule has 0 aliphatic carbocycles. The Balaban J connectivity index is 2.53. The van der Waals surface area contributed by atoms with Gasteiger partial charge in [0.05, 0.1) is 11.4 Å². The van der Waals surface area contributed by atoms with E-state index in [-0.39, 0.29) is 11.4 Å². The lowest BCUT2D eigenvalue weighted by Crippen LogP contribution is -2.17. The molecule has 0 saturated carbocycles. The van der Waals surface area contributed by atoms with Crippen molar-refractivity contribution in [2.75, 3.05) is 0 Å². The van der Waals surface area contributed by atoms with Crippen molar-refractivity contribution in [2.24, 2.45) is 0 Å². The summed E-state index contributed by atoms with van der Waals surface area (Å²) in [5, 5.41) is 0. The monoisotopic (exact) mass is 334 g/mol. The molecule has 0 aromatic carbocycles. The van der Waals surface area contributed by atoms with Crippen LogP contribution in [0.2, 0.25) is 0 Å². The first-order chi connectivity index (χ1) is 10.5. The number of nitrogens with one attached hydrogen (secondary N) is 2. The van der Waals surface area contributed by atoms with Crippen LogP contribution < -0.4 is 9.44 Å². The van der Waals surface area contributed by atoms with Crippen LogP contribution in [0.3, 0.4) is 0 Å². The fourth-order valence-corrected chi connectivity index (χ4v) is 2.12. The number of nitrogens with zero attached hydrogens (tertiary/aromatic N) is 2. The molecule has 2 heterocycles. The number of thiol groups is 2. The number of amides is 2. The van der Waals surface area contributed by atoms with E-state index in [1.54, 1.807) is 38.1 Å². The van der Waals surface area contributed by atoms with Gasteiger partial charge in [0.1, 0.15) is 11.4 Å². The van der Waals surface area contributed by atoms with Gasteiger partial charge in [-0.15, -0.1) is 0 Å². The van der Waals surface area contributed by atoms with Gasteiger partial charge in [-0.25, -0.2) is 9.97 Å². The van der Waals surface area contributed by atoms with Crippen molar-refractivity contribution in [3.8, 4) is 11.4 Å². The van der Waals surface area contributed by atoms with Gasteiger partial charge < -0.3 is 0 Å². The summed E-state index contributed by atoms with van der Waals surface area (Å²) in [5.41, 5.74) is 2.94. The molecule has 0 unspecified atom stereocenters. The van der Waals surface area contributed by atoms with Crippen LogP contribution in [-0.2, 0) is 0 Å². The highest BCUT2D eigenvalue weighted by molar-refractivity contribution is 7.79. The molecular weight excluding hydrogens is 320 g/mol. The molecule has 114 valence electrons. The number of carbonyl (C=O) groups is 2. The fourth-order valence-electron chi connectivity index (χ4n) is 1.91. The molecule has 0 aliphatic rings. The predicted molar refractivity (Wildman–Crippen MR) is 89.8 cm³/mol. The minimum atomic E-state index is -0.400. The first-order valence-corrected chi connectivity index (χ1v) is 7.22. The van der Waals surface area contributed by atoms with Crippen LogP contribution in [-0.4, -0.2) is 21.8 Å². The number of carbonyl (C=O) groups excluding carboxylic acids is 2. The molecule has 0 bridgehead atoms. The number of aromatic nitrogens is 2. The zero-order chi connectivity index (χ0) is 16.3. The van der Waals surface area contributed by atoms with Gasteiger partial charge in [0.2, 0.25) is 0 Å². The van der Waals surface area contributed by atoms with Crippen LogP contribution in [0.4, 0.5) is 0 Å². The van der Waals surface area contributed by atoms with Crippen LogP contribution in [0.1, 0.15) is 32.1 Å². The van der Waals surface area contributed by atoms with Crippen molar-refractivity contribution >= 4 is 37.4 Å². The molecule has 0 fully saturated rings. The summed E-state index contributed by atoms with van der Waals surface area (Å²) in [6, 6.07) is 7.01. The second kappa shape index (κ2) is 6.80. The normalized spacial score (nSPS) is 10.2. The highest BCUT2D eigenvalue weighted by Gasteiger charge is 2.15. The minimum Gasteiger partial charge on any atom is -0.297 e. The van der Waals surface area contributed by atoms with Gasteiger partial charge in [0.25, 0.3) is 11.8 Å². The van der Waals surface area contributed by atoms with E-state index >= 15 is 0 Å². The number of hydrogen-bond donors (Lipinski definition) is 4. The highest BCUT2D eigenvalue weighted by Crippen LogP contribution is 2.19. The molecule has 2 aromatic rings. The maximum absolute atomic E-state index is 11.7. The number of hydrogen-bond acceptors (Lipinski definition) is 6. The van der Waals surface area contributed by atoms with Crippen molar-refractivity contribution in [3.63, 3.8) is 0 Å². The molecule has 8 heteroatoms. The van der Waals surface area contributed by atoms with E-state index in [1.807, 2.05) is 0 Å². The lowest BCUT2D eigenvalue weighted by Gasteiger charge is -2.08. The lowest BCUT2D eigenvalue weighted by molar-refractivity contribution is 0.0971. The van der Waals surface area contributed by atoms with Crippen molar-refractivity contribution in [1.82, 2.24) is 19.4 Å². The van der Waals surface area contributed by atoms with E-state index in [0.717, 1.165) is 11.1 Å². The van der Waals surface area contributed by atoms with Gasteiger partial charge >= 0.3 is 0 Å². The molecule has 2 aromatic heterocycles. The second-order valence-corrected chi connectivity index (χ2v) is 5.05. The Morgan fingerprint density at radius 1 is 0.818 bits per heavy atom. The average molecular weight is 334 g/mol. The average Bonchev–Trinajstić information content (AvgIpc) is 2.54. The number of aryl methyl sites for hydroxylation is 2. The summed E-state index contributed by atoms with van der Waals surface area (Å²) in [4.78, 5) is 32.1. The minimum absolute atomic E-state index is 0.259. The molecule has 0 atom stereocenters. The Kier molecular flexibility index (Phi) is 5.04. The third-order valence-electron chi connectivity index (χ3n) is 3.09. The molecule has 2 amide bonds. The van der Waals surface area contributed by atoms with Gasteiger partial charge in [-0.05, 0) is 37.1 Å². The summed E-state index contributed by atoms with van der Waals surface area (Å²) < 4.78 is 4.49. The molecule has 6 nitrogen and oxygen atoms in total. The van der Waals surface area contributed by atoms with Crippen LogP contribution in [0, 0.1) is 13.8 Å². The van der Waals surface area contributed by atoms with E-state index < -0.39 is 11.8 Å². The standard InChI is InChI=1S/C14H14N4O2S2/c1-7-3-5-9(15-11(7)13(19)17-21)10-6-4-8(2)12(16-10)14(20)18-22/h3-6,21-22H,1-2H3,(H,17,19)(H,18,20). The van der Waals surface area contributed by atoms with Crippen molar-refractivity contribution in [1.29, 1.82) is 0 Å². The summed E-state index contributed by atoms with van der Waals surface area (Å²) in [7, 11) is 0. The van der Waals surface area contributed by atoms with Gasteiger partial charge in [0, 0.05) is 0 Å². The summed E-state index contributed by atoms with van der Waals surface area (Å²) in [6.45, 7) is 3.55. The molecule has 0 spiro atoms. The maximum atomic E-state index is 11.7. The zero-order valence-corrected chi connectivity index (χ0v) is 13.7. The van der Waals surface area contributed by atoms with Crippen molar-refractivity contribution in [3.05, 3.63) is 46.8 Å². The number of pyridine rings is 2. The first-order valence-electron chi connectivity index (χ1n) is 6.32. The van der Waals surface area contributed by atoms with Crippen LogP contribution in [0.5, 0.6) is 0 Å². The fraction of sp³-hybridized carbons (Fsp3) is 0.143. The molecule has 22 heavy (non-hydrogen) atoms. The summed E-state index contributed by atoms with van der Waals surface area (Å²) in [5.74, 6) is -0.800. The van der Waals surface area contributed by atoms with E-state index in [0.29, 0.717) is 11.4 Å². The quantitative estimate of drug-likeness (QED) is 0.646. The SMILES string of the molecule is Cc1ccc(-c2ccc(C)c(C(=O)NS)n2)nc1C(=O)NS. The van der Waals surface area contributed by atoms with Gasteiger partial charge in [-0.1, -0.05) is 37.8 Å². The molecular formula is C14H14N4O2S2. The van der Waals surface area contributed by atoms with E-state index in [1.165, 1.54) is 0 Å². The first kappa shape index (κ1) is 16.3. The highest BCUT2D eigenvalue weighted by atomic mass is 32.1. The Labute approximate surface area is 138 Å². The van der Waals surface area contributed by atoms with E-state index in [9.17, 15) is 9.59 Å². The Bertz CT molecular complexity index is 686. The summed E-state index contributed by atoms with van der Waals surface area (Å²) >= 11 is 7.50. The topological polar surface area (TPSA) is 84.0 Å². The smallest absolute Gasteiger partial charge is 0.279 e. The summed E-state index contributed by atoms with van der Waals surface area (Å²) in [6.07, 6.45) is 0. The van der Waals surface area contributed by atoms with Crippen LogP contribution in [0.25, 0.3) is 11.4 Å². The molecule has 0 aliphatic heterocycles. The molecule has 2 N–H and O–H groups in total. The van der Waals surface area contributed by atoms with Crippen molar-refractivity contribution in [2.45, 2.75) is 13.8 Å². The van der Waals surface area contributed by atoms with Crippen LogP contribution in [0.15, 0.2) is 24.3 Å². The third kappa shape index (κ3) is 3.23. The lowest BCUT2D eigenvalue weighted by atomic mass is 10.1. The number of rotatable bonds is 3. The van der Waals surface area contributed by atoms with Crippen LogP contribution >= 0.6 is 25.6 Å². The second-order valence-electron chi connectivity index (χ2n) is 4.61. The van der Waals surface area contributed by atoms with E-state index in [4.69, 9.17) is 0 Å². The van der Waals surface area contributed by atoms with Gasteiger partial charge in [-0.2, -0.15) is 0 Å². The molecule has 0 saturated heterocycles. The predicted octanol–water partition coefficient (Wildman–Crippen LogP) is 1.91. The Hall–Kier alpha value is -2.06. The molecule has 2 rings (SSSR count). The van der Waals surface area contributed by atoms with Gasteiger partial charge in [0.15, 0.2) is 0 Å². The third-order valence-corrected chi connectivity index (χ3v) is 3.50. The Morgan fingerprint density at radius 2 is 1.18 bits per heavy atom.